The predicted molar refractivity (Wildman–Crippen MR) is 116 cm³/mol. The average molecular weight is 416 g/mol. The second kappa shape index (κ2) is 9.89. The zero-order chi connectivity index (χ0) is 20.7. The van der Waals surface area contributed by atoms with Crippen LogP contribution in [0.3, 0.4) is 0 Å². The molecule has 2 N–H and O–H groups in total. The molecule has 1 saturated heterocycles. The molecule has 0 saturated carbocycles. The monoisotopic (exact) mass is 415 g/mol. The second-order valence-electron chi connectivity index (χ2n) is 7.51. The highest BCUT2D eigenvalue weighted by Crippen LogP contribution is 2.17. The van der Waals surface area contributed by atoms with Gasteiger partial charge in [0.1, 0.15) is 0 Å². The van der Waals surface area contributed by atoms with Crippen LogP contribution in [0.4, 0.5) is 5.69 Å². The van der Waals surface area contributed by atoms with Crippen molar-refractivity contribution in [3.05, 3.63) is 59.7 Å². The lowest BCUT2D eigenvalue weighted by atomic mass is 10.1. The minimum atomic E-state index is -3.65. The van der Waals surface area contributed by atoms with Crippen LogP contribution in [0.1, 0.15) is 41.6 Å². The van der Waals surface area contributed by atoms with E-state index in [9.17, 15) is 13.2 Å². The number of hydrogen-bond donors (Lipinski definition) is 2. The molecule has 156 valence electrons. The molecule has 2 aromatic rings. The van der Waals surface area contributed by atoms with E-state index in [1.807, 2.05) is 6.92 Å². The van der Waals surface area contributed by atoms with Gasteiger partial charge in [0.25, 0.3) is 15.9 Å². The van der Waals surface area contributed by atoms with E-state index in [1.54, 1.807) is 48.5 Å². The number of benzene rings is 2. The SMILES string of the molecule is Cc1ccc(S(=O)(=O)Nc2ccc(C(=O)NCCCN3CCCCC3)cc2)cc1. The number of amides is 1. The van der Waals surface area contributed by atoms with Crippen LogP contribution in [-0.4, -0.2) is 45.4 Å². The van der Waals surface area contributed by atoms with E-state index < -0.39 is 10.0 Å². The molecule has 0 spiro atoms. The fourth-order valence-electron chi connectivity index (χ4n) is 3.41. The fraction of sp³-hybridized carbons (Fsp3) is 0.409. The van der Waals surface area contributed by atoms with Crippen molar-refractivity contribution in [3.63, 3.8) is 0 Å². The van der Waals surface area contributed by atoms with Crippen molar-refractivity contribution in [2.45, 2.75) is 37.5 Å². The maximum atomic E-state index is 12.4. The number of likely N-dealkylation sites (tertiary alicyclic amines) is 1. The van der Waals surface area contributed by atoms with Crippen LogP contribution in [0.25, 0.3) is 0 Å². The van der Waals surface area contributed by atoms with Crippen molar-refractivity contribution in [2.24, 2.45) is 0 Å². The van der Waals surface area contributed by atoms with Gasteiger partial charge in [-0.2, -0.15) is 0 Å². The van der Waals surface area contributed by atoms with Gasteiger partial charge in [0.2, 0.25) is 0 Å². The summed E-state index contributed by atoms with van der Waals surface area (Å²) >= 11 is 0. The maximum absolute atomic E-state index is 12.4. The van der Waals surface area contributed by atoms with Crippen molar-refractivity contribution >= 4 is 21.6 Å². The molecule has 0 atom stereocenters. The smallest absolute Gasteiger partial charge is 0.261 e. The van der Waals surface area contributed by atoms with Gasteiger partial charge in [0.15, 0.2) is 0 Å². The standard InChI is InChI=1S/C22H29N3O3S/c1-18-6-12-21(13-7-18)29(27,28)24-20-10-8-19(9-11-20)22(26)23-14-5-17-25-15-3-2-4-16-25/h6-13,24H,2-5,14-17H2,1H3,(H,23,26). The van der Waals surface area contributed by atoms with Gasteiger partial charge in [-0.25, -0.2) is 8.42 Å². The Labute approximate surface area is 173 Å². The molecule has 1 fully saturated rings. The highest BCUT2D eigenvalue weighted by atomic mass is 32.2. The first-order chi connectivity index (χ1) is 13.9. The second-order valence-corrected chi connectivity index (χ2v) is 9.19. The summed E-state index contributed by atoms with van der Waals surface area (Å²) in [7, 11) is -3.65. The summed E-state index contributed by atoms with van der Waals surface area (Å²) in [5.74, 6) is -0.142. The molecule has 29 heavy (non-hydrogen) atoms. The van der Waals surface area contributed by atoms with Crippen LogP contribution in [-0.2, 0) is 10.0 Å². The summed E-state index contributed by atoms with van der Waals surface area (Å²) in [4.78, 5) is 14.9. The first-order valence-corrected chi connectivity index (χ1v) is 11.6. The molecule has 1 amide bonds. The number of anilines is 1. The Morgan fingerprint density at radius 2 is 1.62 bits per heavy atom. The van der Waals surface area contributed by atoms with Crippen LogP contribution in [0.15, 0.2) is 53.4 Å². The van der Waals surface area contributed by atoms with Gasteiger partial charge in [-0.3, -0.25) is 9.52 Å². The van der Waals surface area contributed by atoms with E-state index in [-0.39, 0.29) is 10.8 Å². The van der Waals surface area contributed by atoms with Crippen LogP contribution in [0, 0.1) is 6.92 Å². The Balaban J connectivity index is 1.48. The van der Waals surface area contributed by atoms with Crippen molar-refractivity contribution in [1.82, 2.24) is 10.2 Å². The summed E-state index contributed by atoms with van der Waals surface area (Å²) in [5.41, 5.74) is 1.93. The van der Waals surface area contributed by atoms with E-state index in [0.29, 0.717) is 17.8 Å². The minimum Gasteiger partial charge on any atom is -0.352 e. The van der Waals surface area contributed by atoms with E-state index >= 15 is 0 Å². The third kappa shape index (κ3) is 6.30. The molecule has 0 aliphatic carbocycles. The van der Waals surface area contributed by atoms with Crippen molar-refractivity contribution in [3.8, 4) is 0 Å². The predicted octanol–water partition coefficient (Wildman–Crippen LogP) is 3.40. The maximum Gasteiger partial charge on any atom is 0.261 e. The number of hydrogen-bond acceptors (Lipinski definition) is 4. The highest BCUT2D eigenvalue weighted by Gasteiger charge is 2.14. The Morgan fingerprint density at radius 3 is 2.28 bits per heavy atom. The Kier molecular flexibility index (Phi) is 7.28. The largest absolute Gasteiger partial charge is 0.352 e. The average Bonchev–Trinajstić information content (AvgIpc) is 2.72. The number of sulfonamides is 1. The van der Waals surface area contributed by atoms with Crippen molar-refractivity contribution < 1.29 is 13.2 Å². The lowest BCUT2D eigenvalue weighted by Crippen LogP contribution is -2.33. The lowest BCUT2D eigenvalue weighted by molar-refractivity contribution is 0.0951. The van der Waals surface area contributed by atoms with Gasteiger partial charge in [-0.15, -0.1) is 0 Å². The fourth-order valence-corrected chi connectivity index (χ4v) is 4.47. The zero-order valence-electron chi connectivity index (χ0n) is 16.9. The number of carbonyl (C=O) groups excluding carboxylic acids is 1. The third-order valence-corrected chi connectivity index (χ3v) is 6.51. The van der Waals surface area contributed by atoms with Crippen molar-refractivity contribution in [1.29, 1.82) is 0 Å². The Bertz CT molecular complexity index is 903. The summed E-state index contributed by atoms with van der Waals surface area (Å²) in [6, 6.07) is 13.1. The number of carbonyl (C=O) groups is 1. The quantitative estimate of drug-likeness (QED) is 0.648. The summed E-state index contributed by atoms with van der Waals surface area (Å²) < 4.78 is 27.4. The molecule has 7 heteroatoms. The molecule has 1 aliphatic heterocycles. The normalized spacial score (nSPS) is 15.1. The molecular formula is C22H29N3O3S. The number of nitrogens with zero attached hydrogens (tertiary/aromatic N) is 1. The molecule has 0 radical (unpaired) electrons. The zero-order valence-corrected chi connectivity index (χ0v) is 17.7. The molecule has 2 aromatic carbocycles. The molecule has 1 aliphatic rings. The van der Waals surface area contributed by atoms with Crippen LogP contribution in [0.2, 0.25) is 0 Å². The Hall–Kier alpha value is -2.38. The minimum absolute atomic E-state index is 0.142. The van der Waals surface area contributed by atoms with Gasteiger partial charge >= 0.3 is 0 Å². The Morgan fingerprint density at radius 1 is 0.966 bits per heavy atom. The number of nitrogens with one attached hydrogen (secondary N) is 2. The van der Waals surface area contributed by atoms with Gasteiger partial charge in [-0.1, -0.05) is 24.1 Å². The van der Waals surface area contributed by atoms with E-state index in [4.69, 9.17) is 0 Å². The number of rotatable bonds is 8. The van der Waals surface area contributed by atoms with E-state index in [2.05, 4.69) is 14.9 Å². The molecule has 0 aromatic heterocycles. The molecular weight excluding hydrogens is 386 g/mol. The first-order valence-electron chi connectivity index (χ1n) is 10.1. The van der Waals surface area contributed by atoms with Gasteiger partial charge in [-0.05, 0) is 82.2 Å². The van der Waals surface area contributed by atoms with Crippen LogP contribution in [0.5, 0.6) is 0 Å². The topological polar surface area (TPSA) is 78.5 Å². The van der Waals surface area contributed by atoms with E-state index in [1.165, 1.54) is 19.3 Å². The molecule has 0 bridgehead atoms. The lowest BCUT2D eigenvalue weighted by Gasteiger charge is -2.26. The first kappa shape index (κ1) is 21.3. The van der Waals surface area contributed by atoms with Gasteiger partial charge < -0.3 is 10.2 Å². The number of aryl methyl sites for hydroxylation is 1. The molecule has 0 unspecified atom stereocenters. The molecule has 6 nitrogen and oxygen atoms in total. The van der Waals surface area contributed by atoms with Crippen LogP contribution < -0.4 is 10.0 Å². The van der Waals surface area contributed by atoms with Gasteiger partial charge in [0.05, 0.1) is 4.90 Å². The third-order valence-electron chi connectivity index (χ3n) is 5.12. The highest BCUT2D eigenvalue weighted by molar-refractivity contribution is 7.92. The van der Waals surface area contributed by atoms with Gasteiger partial charge in [0, 0.05) is 17.8 Å². The molecule has 1 heterocycles. The molecule has 3 rings (SSSR count). The van der Waals surface area contributed by atoms with Crippen LogP contribution >= 0.6 is 0 Å². The summed E-state index contributed by atoms with van der Waals surface area (Å²) in [6.07, 6.45) is 4.79. The van der Waals surface area contributed by atoms with E-state index in [0.717, 1.165) is 31.6 Å². The summed E-state index contributed by atoms with van der Waals surface area (Å²) in [5, 5.41) is 2.93. The number of piperidine rings is 1. The van der Waals surface area contributed by atoms with Crippen molar-refractivity contribution in [2.75, 3.05) is 30.9 Å². The summed E-state index contributed by atoms with van der Waals surface area (Å²) in [6.45, 7) is 5.88.